The van der Waals surface area contributed by atoms with Crippen LogP contribution < -0.4 is 4.31 Å². The number of fused-ring (bicyclic) bond motifs is 1. The average Bonchev–Trinajstić information content (AvgIpc) is 2.50. The first-order chi connectivity index (χ1) is 10.1. The quantitative estimate of drug-likeness (QED) is 0.849. The maximum atomic E-state index is 13.2. The summed E-state index contributed by atoms with van der Waals surface area (Å²) in [5.74, 6) is 0.0447. The van der Waals surface area contributed by atoms with E-state index in [-0.39, 0.29) is 5.91 Å². The molecule has 1 unspecified atom stereocenters. The van der Waals surface area contributed by atoms with E-state index in [9.17, 15) is 9.00 Å². The summed E-state index contributed by atoms with van der Waals surface area (Å²) in [5, 5.41) is 0. The van der Waals surface area contributed by atoms with Crippen LogP contribution in [0.1, 0.15) is 22.8 Å². The Bertz CT molecular complexity index is 821. The van der Waals surface area contributed by atoms with Gasteiger partial charge in [0.2, 0.25) is 0 Å². The second kappa shape index (κ2) is 5.00. The minimum absolute atomic E-state index is 0.248. The highest BCUT2D eigenvalue weighted by Gasteiger charge is 2.33. The van der Waals surface area contributed by atoms with E-state index in [1.54, 1.807) is 25.1 Å². The Labute approximate surface area is 124 Å². The van der Waals surface area contributed by atoms with E-state index in [4.69, 9.17) is 0 Å². The Morgan fingerprint density at radius 2 is 1.81 bits per heavy atom. The third-order valence-electron chi connectivity index (χ3n) is 3.54. The molecule has 108 valence electrons. The summed E-state index contributed by atoms with van der Waals surface area (Å²) in [4.78, 5) is 12.8. The van der Waals surface area contributed by atoms with E-state index >= 15 is 0 Å². The molecular formula is C16H16N2O2S. The number of hydrogen-bond acceptors (Lipinski definition) is 3. The topological polar surface area (TPSA) is 49.7 Å². The fraction of sp³-hybridized carbons (Fsp3) is 0.188. The van der Waals surface area contributed by atoms with E-state index in [1.165, 1.54) is 4.31 Å². The normalized spacial score (nSPS) is 20.9. The molecule has 21 heavy (non-hydrogen) atoms. The molecule has 0 fully saturated rings. The Morgan fingerprint density at radius 1 is 1.10 bits per heavy atom. The highest BCUT2D eigenvalue weighted by atomic mass is 32.2. The van der Waals surface area contributed by atoms with Crippen molar-refractivity contribution in [2.45, 2.75) is 13.8 Å². The third kappa shape index (κ3) is 2.14. The zero-order valence-electron chi connectivity index (χ0n) is 11.9. The molecule has 1 aliphatic heterocycles. The van der Waals surface area contributed by atoms with Gasteiger partial charge in [0.25, 0.3) is 5.91 Å². The van der Waals surface area contributed by atoms with Crippen LogP contribution in [0.2, 0.25) is 0 Å². The van der Waals surface area contributed by atoms with Crippen molar-refractivity contribution in [3.8, 4) is 0 Å². The van der Waals surface area contributed by atoms with Crippen molar-refractivity contribution >= 4 is 27.2 Å². The van der Waals surface area contributed by atoms with E-state index in [2.05, 4.69) is 4.36 Å². The number of rotatable bonds is 2. The lowest BCUT2D eigenvalue weighted by molar-refractivity contribution is 0.101. The molecule has 0 saturated carbocycles. The number of carbonyl (C=O) groups is 1. The van der Waals surface area contributed by atoms with Gasteiger partial charge < -0.3 is 0 Å². The Balaban J connectivity index is 2.30. The van der Waals surface area contributed by atoms with Crippen LogP contribution >= 0.6 is 0 Å². The van der Waals surface area contributed by atoms with Gasteiger partial charge >= 0.3 is 0 Å². The maximum absolute atomic E-state index is 13.2. The molecule has 1 amide bonds. The molecule has 5 heteroatoms. The lowest BCUT2D eigenvalue weighted by Gasteiger charge is -2.30. The van der Waals surface area contributed by atoms with Crippen molar-refractivity contribution in [1.29, 1.82) is 0 Å². The molecule has 1 aliphatic rings. The molecule has 3 rings (SSSR count). The largest absolute Gasteiger partial charge is 0.273 e. The SMILES string of the molecule is CCS1(=O)=Nc2c(C)cccc2C(=O)N1c1ccccc1. The maximum Gasteiger partial charge on any atom is 0.273 e. The van der Waals surface area contributed by atoms with Crippen LogP contribution in [0, 0.1) is 6.92 Å². The monoisotopic (exact) mass is 300 g/mol. The van der Waals surface area contributed by atoms with Crippen molar-refractivity contribution in [2.75, 3.05) is 10.1 Å². The number of amides is 1. The third-order valence-corrected chi connectivity index (χ3v) is 5.71. The summed E-state index contributed by atoms with van der Waals surface area (Å²) in [6, 6.07) is 14.5. The number of aryl methyl sites for hydroxylation is 1. The van der Waals surface area contributed by atoms with E-state index in [0.29, 0.717) is 22.7 Å². The minimum Gasteiger partial charge on any atom is -0.268 e. The number of anilines is 1. The van der Waals surface area contributed by atoms with E-state index < -0.39 is 9.92 Å². The predicted molar refractivity (Wildman–Crippen MR) is 85.2 cm³/mol. The molecule has 0 radical (unpaired) electrons. The van der Waals surface area contributed by atoms with Gasteiger partial charge in [-0.2, -0.15) is 4.36 Å². The number of nitrogens with zero attached hydrogens (tertiary/aromatic N) is 2. The van der Waals surface area contributed by atoms with Crippen molar-refractivity contribution in [2.24, 2.45) is 4.36 Å². The minimum atomic E-state index is -2.80. The second-order valence-corrected chi connectivity index (χ2v) is 7.23. The lowest BCUT2D eigenvalue weighted by atomic mass is 10.1. The summed E-state index contributed by atoms with van der Waals surface area (Å²) in [5.41, 5.74) is 2.55. The van der Waals surface area contributed by atoms with Crippen LogP contribution in [0.5, 0.6) is 0 Å². The van der Waals surface area contributed by atoms with Crippen LogP contribution in [0.3, 0.4) is 0 Å². The van der Waals surface area contributed by atoms with Crippen LogP contribution in [0.25, 0.3) is 0 Å². The first-order valence-electron chi connectivity index (χ1n) is 6.81. The summed E-state index contributed by atoms with van der Waals surface area (Å²) < 4.78 is 18.9. The summed E-state index contributed by atoms with van der Waals surface area (Å²) in [6.45, 7) is 3.67. The predicted octanol–water partition coefficient (Wildman–Crippen LogP) is 3.69. The fourth-order valence-electron chi connectivity index (χ4n) is 2.41. The number of hydrogen-bond donors (Lipinski definition) is 0. The molecule has 4 nitrogen and oxygen atoms in total. The van der Waals surface area contributed by atoms with Crippen molar-refractivity contribution in [3.63, 3.8) is 0 Å². The van der Waals surface area contributed by atoms with Gasteiger partial charge in [-0.25, -0.2) is 8.51 Å². The summed E-state index contributed by atoms with van der Waals surface area (Å²) in [6.07, 6.45) is 0. The Morgan fingerprint density at radius 3 is 2.48 bits per heavy atom. The van der Waals surface area contributed by atoms with Crippen LogP contribution in [-0.2, 0) is 9.92 Å². The molecule has 0 spiro atoms. The van der Waals surface area contributed by atoms with Gasteiger partial charge in [0.15, 0.2) is 0 Å². The fourth-order valence-corrected chi connectivity index (χ4v) is 4.22. The first-order valence-corrected chi connectivity index (χ1v) is 8.45. The number of para-hydroxylation sites is 1. The highest BCUT2D eigenvalue weighted by Crippen LogP contribution is 2.35. The number of carbonyl (C=O) groups excluding carboxylic acids is 1. The van der Waals surface area contributed by atoms with E-state index in [1.807, 2.05) is 37.3 Å². The molecule has 0 bridgehead atoms. The van der Waals surface area contributed by atoms with Crippen molar-refractivity contribution in [1.82, 2.24) is 0 Å². The van der Waals surface area contributed by atoms with Crippen molar-refractivity contribution < 1.29 is 9.00 Å². The van der Waals surface area contributed by atoms with Gasteiger partial charge in [-0.15, -0.1) is 0 Å². The van der Waals surface area contributed by atoms with Gasteiger partial charge in [0.1, 0.15) is 9.92 Å². The van der Waals surface area contributed by atoms with Gasteiger partial charge in [-0.3, -0.25) is 4.79 Å². The first kappa shape index (κ1) is 13.8. The van der Waals surface area contributed by atoms with Gasteiger partial charge in [-0.1, -0.05) is 37.3 Å². The molecule has 1 atom stereocenters. The molecule has 1 heterocycles. The average molecular weight is 300 g/mol. The van der Waals surface area contributed by atoms with Crippen molar-refractivity contribution in [3.05, 3.63) is 59.7 Å². The molecule has 0 aliphatic carbocycles. The highest BCUT2D eigenvalue weighted by molar-refractivity contribution is 7.96. The van der Waals surface area contributed by atoms with Crippen LogP contribution in [0.15, 0.2) is 52.9 Å². The smallest absolute Gasteiger partial charge is 0.268 e. The van der Waals surface area contributed by atoms with Gasteiger partial charge in [0.05, 0.1) is 16.9 Å². The standard InChI is InChI=1S/C16H16N2O2S/c1-3-21(20)17-15-12(2)8-7-11-14(15)16(19)18(21)13-9-5-4-6-10-13/h4-11H,3H2,1-2H3. The van der Waals surface area contributed by atoms with Gasteiger partial charge in [0, 0.05) is 5.75 Å². The van der Waals surface area contributed by atoms with Gasteiger partial charge in [-0.05, 0) is 30.7 Å². The number of benzene rings is 2. The van der Waals surface area contributed by atoms with E-state index in [0.717, 1.165) is 5.56 Å². The summed E-state index contributed by atoms with van der Waals surface area (Å²) in [7, 11) is -2.80. The zero-order chi connectivity index (χ0) is 15.0. The molecule has 0 saturated heterocycles. The molecule has 0 N–H and O–H groups in total. The molecular weight excluding hydrogens is 284 g/mol. The summed E-state index contributed by atoms with van der Waals surface area (Å²) >= 11 is 0. The zero-order valence-corrected chi connectivity index (χ0v) is 12.8. The van der Waals surface area contributed by atoms with Crippen LogP contribution in [-0.4, -0.2) is 15.9 Å². The molecule has 0 aromatic heterocycles. The van der Waals surface area contributed by atoms with Crippen LogP contribution in [0.4, 0.5) is 11.4 Å². The second-order valence-electron chi connectivity index (χ2n) is 4.89. The Hall–Kier alpha value is -2.14. The molecule has 2 aromatic rings. The molecule has 2 aromatic carbocycles. The lowest BCUT2D eigenvalue weighted by Crippen LogP contribution is -2.40. The Kier molecular flexibility index (Phi) is 3.29.